The minimum atomic E-state index is -0.597. The van der Waals surface area contributed by atoms with Crippen molar-refractivity contribution in [2.24, 2.45) is 11.8 Å². The molecule has 2 fully saturated rings. The number of unbranched alkanes of at least 4 members (excludes halogenated alkanes) is 24. The van der Waals surface area contributed by atoms with Crippen molar-refractivity contribution in [3.05, 3.63) is 69.0 Å². The summed E-state index contributed by atoms with van der Waals surface area (Å²) < 4.78 is 31.5. The van der Waals surface area contributed by atoms with Gasteiger partial charge in [-0.1, -0.05) is 220 Å². The van der Waals surface area contributed by atoms with Gasteiger partial charge in [-0.15, -0.1) is 0 Å². The lowest BCUT2D eigenvalue weighted by Crippen LogP contribution is -2.41. The van der Waals surface area contributed by atoms with Crippen LogP contribution >= 0.6 is 0 Å². The van der Waals surface area contributed by atoms with Crippen LogP contribution in [0, 0.1) is 11.8 Å². The summed E-state index contributed by atoms with van der Waals surface area (Å²) in [6.07, 6.45) is 40.5. The third-order valence-corrected chi connectivity index (χ3v) is 20.1. The van der Waals surface area contributed by atoms with Crippen molar-refractivity contribution in [2.45, 2.75) is 324 Å². The Morgan fingerprint density at radius 3 is 0.854 bits per heavy atom. The van der Waals surface area contributed by atoms with E-state index in [4.69, 9.17) is 18.6 Å². The van der Waals surface area contributed by atoms with E-state index in [1.54, 1.807) is 0 Å². The van der Waals surface area contributed by atoms with Gasteiger partial charge in [0.05, 0.1) is 44.5 Å². The second-order valence-corrected chi connectivity index (χ2v) is 27.9. The molecule has 454 valence electrons. The molecule has 2 atom stereocenters. The smallest absolute Gasteiger partial charge is 0.399 e. The molecular weight excluding hydrogens is 1010 g/mol. The molecule has 7 rings (SSSR count). The topological polar surface area (TPSA) is 80.9 Å². The average molecular weight is 1130 g/mol. The van der Waals surface area contributed by atoms with Gasteiger partial charge in [-0.3, -0.25) is 9.59 Å². The van der Waals surface area contributed by atoms with Crippen molar-refractivity contribution < 1.29 is 18.6 Å². The first-order valence-corrected chi connectivity index (χ1v) is 34.2. The Labute approximate surface area is 499 Å². The van der Waals surface area contributed by atoms with E-state index in [-0.39, 0.29) is 10.9 Å². The monoisotopic (exact) mass is 1120 g/mol. The molecule has 4 heterocycles. The molecule has 0 amide bonds. The number of rotatable bonds is 38. The number of pyridine rings is 2. The van der Waals surface area contributed by atoms with Gasteiger partial charge in [0.2, 0.25) is 0 Å². The van der Waals surface area contributed by atoms with Crippen LogP contribution in [0.25, 0.3) is 43.6 Å². The zero-order chi connectivity index (χ0) is 58.9. The molecule has 8 nitrogen and oxygen atoms in total. The van der Waals surface area contributed by atoms with Crippen molar-refractivity contribution in [1.29, 1.82) is 0 Å². The van der Waals surface area contributed by atoms with Crippen molar-refractivity contribution >= 4 is 68.8 Å². The summed E-state index contributed by atoms with van der Waals surface area (Å²) in [5, 5.41) is 2.71. The van der Waals surface area contributed by atoms with Gasteiger partial charge >= 0.3 is 14.2 Å². The van der Waals surface area contributed by atoms with Gasteiger partial charge in [-0.2, -0.15) is 0 Å². The molecule has 0 spiro atoms. The van der Waals surface area contributed by atoms with Crippen molar-refractivity contribution in [1.82, 2.24) is 9.13 Å². The van der Waals surface area contributed by atoms with Crippen LogP contribution in [0.1, 0.15) is 289 Å². The highest BCUT2D eigenvalue weighted by Gasteiger charge is 2.53. The van der Waals surface area contributed by atoms with Gasteiger partial charge in [-0.05, 0) is 140 Å². The Balaban J connectivity index is 1.39. The molecule has 2 aliphatic rings. The van der Waals surface area contributed by atoms with Crippen LogP contribution in [-0.4, -0.2) is 45.8 Å². The number of benzene rings is 3. The maximum absolute atomic E-state index is 15.7. The van der Waals surface area contributed by atoms with Gasteiger partial charge < -0.3 is 27.8 Å². The molecule has 2 aliphatic heterocycles. The van der Waals surface area contributed by atoms with Gasteiger partial charge in [0, 0.05) is 34.6 Å². The molecule has 10 heteroatoms. The van der Waals surface area contributed by atoms with Crippen LogP contribution in [0.2, 0.25) is 0 Å². The summed E-state index contributed by atoms with van der Waals surface area (Å²) in [5.74, 6) is 0.849. The van der Waals surface area contributed by atoms with Crippen LogP contribution in [0.15, 0.2) is 58.1 Å². The molecule has 0 N–H and O–H groups in total. The SMILES string of the molecule is CCCCCCCCCCC(CCCCCCCC)Cn1c2ccc(B3OC(C)(C)C(C)(C)O3)cc2c(=O)c2cc3c(cc21)c(=O)c1cc(B2OC(C)(C)C(C)(C)O2)ccc1n3CC(CCCCCCCC)CCCCCCCCCC. The standard InChI is InChI=1S/C72H114B2N2O6/c1-13-17-21-25-29-31-35-39-43-55(41-37-33-27-23-19-15-3)53-75-63-47-45-57(73-79-69(5,6)70(7,8)80-73)49-59(63)67(77)61-52-66-62(51-65(61)75)68(78)60-50-58(74-81-71(9,10)72(11,12)82-74)46-48-64(60)76(66)54-56(42-38-34-28-24-20-16-4)44-40-36-32-30-26-22-18-14-2/h45-52,55-56H,13-44,53-54H2,1-12H3. The first-order chi connectivity index (χ1) is 39.4. The molecule has 2 aromatic heterocycles. The minimum Gasteiger partial charge on any atom is -0.399 e. The highest BCUT2D eigenvalue weighted by atomic mass is 16.7. The Morgan fingerprint density at radius 1 is 0.341 bits per heavy atom. The van der Waals surface area contributed by atoms with Crippen molar-refractivity contribution in [2.75, 3.05) is 0 Å². The Bertz CT molecular complexity index is 2670. The lowest BCUT2D eigenvalue weighted by atomic mass is 9.78. The van der Waals surface area contributed by atoms with Gasteiger partial charge in [0.25, 0.3) is 0 Å². The maximum atomic E-state index is 15.7. The molecule has 82 heavy (non-hydrogen) atoms. The number of hydrogen-bond acceptors (Lipinski definition) is 6. The number of hydrogen-bond donors (Lipinski definition) is 0. The van der Waals surface area contributed by atoms with Crippen LogP contribution in [-0.2, 0) is 31.7 Å². The van der Waals surface area contributed by atoms with E-state index in [0.29, 0.717) is 33.4 Å². The van der Waals surface area contributed by atoms with E-state index in [2.05, 4.69) is 141 Å². The fourth-order valence-corrected chi connectivity index (χ4v) is 13.3. The van der Waals surface area contributed by atoms with E-state index in [1.807, 2.05) is 0 Å². The highest BCUT2D eigenvalue weighted by Crippen LogP contribution is 2.39. The molecule has 0 radical (unpaired) electrons. The van der Waals surface area contributed by atoms with Crippen LogP contribution in [0.4, 0.5) is 0 Å². The maximum Gasteiger partial charge on any atom is 0.494 e. The molecule has 0 bridgehead atoms. The number of fused-ring (bicyclic) bond motifs is 4. The Morgan fingerprint density at radius 2 is 0.585 bits per heavy atom. The minimum absolute atomic E-state index is 0.00478. The molecule has 0 aliphatic carbocycles. The summed E-state index contributed by atoms with van der Waals surface area (Å²) in [6.45, 7) is 27.5. The molecule has 0 saturated carbocycles. The largest absolute Gasteiger partial charge is 0.494 e. The summed E-state index contributed by atoms with van der Waals surface area (Å²) >= 11 is 0. The molecular formula is C72H114B2N2O6. The predicted octanol–water partition coefficient (Wildman–Crippen LogP) is 19.0. The quantitative estimate of drug-likeness (QED) is 0.0223. The summed E-state index contributed by atoms with van der Waals surface area (Å²) in [4.78, 5) is 31.5. The van der Waals surface area contributed by atoms with Gasteiger partial charge in [-0.25, -0.2) is 0 Å². The van der Waals surface area contributed by atoms with E-state index in [1.165, 1.54) is 180 Å². The molecule has 5 aromatic rings. The van der Waals surface area contributed by atoms with Crippen molar-refractivity contribution in [3.63, 3.8) is 0 Å². The molecule has 2 unspecified atom stereocenters. The fourth-order valence-electron chi connectivity index (χ4n) is 13.3. The van der Waals surface area contributed by atoms with E-state index in [0.717, 1.165) is 71.8 Å². The number of aromatic nitrogens is 2. The zero-order valence-corrected chi connectivity index (χ0v) is 54.3. The van der Waals surface area contributed by atoms with Gasteiger partial charge in [0.15, 0.2) is 10.9 Å². The average Bonchev–Trinajstić information content (AvgIpc) is 1.98. The third kappa shape index (κ3) is 17.0. The summed E-state index contributed by atoms with van der Waals surface area (Å²) in [7, 11) is -1.19. The first kappa shape index (κ1) is 66.1. The summed E-state index contributed by atoms with van der Waals surface area (Å²) in [6, 6.07) is 16.9. The third-order valence-electron chi connectivity index (χ3n) is 20.1. The highest BCUT2D eigenvalue weighted by molar-refractivity contribution is 6.63. The molecule has 3 aromatic carbocycles. The molecule has 2 saturated heterocycles. The van der Waals surface area contributed by atoms with Gasteiger partial charge in [0.1, 0.15) is 0 Å². The van der Waals surface area contributed by atoms with Crippen molar-refractivity contribution in [3.8, 4) is 0 Å². The Hall–Kier alpha value is -3.43. The van der Waals surface area contributed by atoms with E-state index >= 15 is 9.59 Å². The van der Waals surface area contributed by atoms with E-state index in [9.17, 15) is 0 Å². The predicted molar refractivity (Wildman–Crippen MR) is 354 cm³/mol. The second-order valence-electron chi connectivity index (χ2n) is 27.9. The Kier molecular flexibility index (Phi) is 25.2. The number of nitrogens with zero attached hydrogens (tertiary/aromatic N) is 2. The van der Waals surface area contributed by atoms with Crippen LogP contribution in [0.5, 0.6) is 0 Å². The van der Waals surface area contributed by atoms with Crippen LogP contribution < -0.4 is 21.8 Å². The van der Waals surface area contributed by atoms with Crippen LogP contribution in [0.3, 0.4) is 0 Å². The zero-order valence-electron chi connectivity index (χ0n) is 54.3. The summed E-state index contributed by atoms with van der Waals surface area (Å²) in [5.41, 5.74) is 3.15. The second kappa shape index (κ2) is 31.3. The van der Waals surface area contributed by atoms with E-state index < -0.39 is 36.6 Å². The first-order valence-electron chi connectivity index (χ1n) is 34.2. The fraction of sp³-hybridized carbons (Fsp3) is 0.722. The lowest BCUT2D eigenvalue weighted by Gasteiger charge is -2.32. The normalized spacial score (nSPS) is 17.4. The lowest BCUT2D eigenvalue weighted by molar-refractivity contribution is 0.00578.